The monoisotopic (exact) mass is 261 g/mol. The number of nitro benzene ring substituents is 1. The second kappa shape index (κ2) is 5.34. The molecule has 6 nitrogen and oxygen atoms in total. The number of ether oxygens (including phenoxy) is 1. The van der Waals surface area contributed by atoms with E-state index in [9.17, 15) is 14.9 Å². The molecule has 0 fully saturated rings. The number of aldehydes is 1. The maximum atomic E-state index is 11.0. The average Bonchev–Trinajstić information content (AvgIpc) is 2.87. The van der Waals surface area contributed by atoms with E-state index >= 15 is 0 Å². The van der Waals surface area contributed by atoms with Gasteiger partial charge in [-0.3, -0.25) is 14.9 Å². The van der Waals surface area contributed by atoms with Crippen molar-refractivity contribution in [1.29, 1.82) is 0 Å². The van der Waals surface area contributed by atoms with E-state index in [0.717, 1.165) is 0 Å². The summed E-state index contributed by atoms with van der Waals surface area (Å²) in [4.78, 5) is 21.1. The molecule has 1 aromatic carbocycles. The van der Waals surface area contributed by atoms with Crippen molar-refractivity contribution in [3.63, 3.8) is 0 Å². The summed E-state index contributed by atoms with van der Waals surface area (Å²) in [6, 6.07) is 7.37. The van der Waals surface area contributed by atoms with Crippen LogP contribution in [0.1, 0.15) is 17.5 Å². The summed E-state index contributed by atoms with van der Waals surface area (Å²) in [7, 11) is 0. The molecule has 0 bridgehead atoms. The van der Waals surface area contributed by atoms with Gasteiger partial charge in [-0.05, 0) is 31.2 Å². The van der Waals surface area contributed by atoms with Crippen LogP contribution in [0.4, 0.5) is 5.69 Å². The highest BCUT2D eigenvalue weighted by molar-refractivity contribution is 5.76. The number of rotatable bonds is 5. The third-order valence-electron chi connectivity index (χ3n) is 2.48. The molecule has 2 rings (SSSR count). The molecular formula is C13H11NO5. The van der Waals surface area contributed by atoms with Crippen LogP contribution in [0.15, 0.2) is 34.7 Å². The van der Waals surface area contributed by atoms with E-state index in [1.54, 1.807) is 0 Å². The lowest BCUT2D eigenvalue weighted by molar-refractivity contribution is -0.384. The number of hydrogen-bond donors (Lipinski definition) is 0. The lowest BCUT2D eigenvalue weighted by atomic mass is 10.1. The molecule has 0 saturated heterocycles. The van der Waals surface area contributed by atoms with Crippen molar-refractivity contribution in [2.24, 2.45) is 0 Å². The zero-order valence-electron chi connectivity index (χ0n) is 10.2. The quantitative estimate of drug-likeness (QED) is 0.469. The van der Waals surface area contributed by atoms with Crippen LogP contribution in [0, 0.1) is 10.1 Å². The second-order valence-corrected chi connectivity index (χ2v) is 3.69. The number of carbonyl (C=O) groups excluding carboxylic acids is 1. The Morgan fingerprint density at radius 1 is 1.37 bits per heavy atom. The minimum Gasteiger partial charge on any atom is -0.494 e. The zero-order chi connectivity index (χ0) is 13.8. The molecule has 6 heteroatoms. The number of furan rings is 1. The molecule has 98 valence electrons. The fourth-order valence-corrected chi connectivity index (χ4v) is 1.69. The lowest BCUT2D eigenvalue weighted by Crippen LogP contribution is -1.95. The Morgan fingerprint density at radius 3 is 2.74 bits per heavy atom. The molecule has 0 aliphatic rings. The van der Waals surface area contributed by atoms with E-state index in [0.29, 0.717) is 18.6 Å². The third kappa shape index (κ3) is 2.62. The Bertz CT molecular complexity index is 617. The van der Waals surface area contributed by atoms with Gasteiger partial charge in [0.2, 0.25) is 0 Å². The predicted octanol–water partition coefficient (Wildman–Crippen LogP) is 3.07. The van der Waals surface area contributed by atoms with E-state index in [1.807, 2.05) is 6.92 Å². The van der Waals surface area contributed by atoms with Gasteiger partial charge in [0, 0.05) is 6.07 Å². The fraction of sp³-hybridized carbons (Fsp3) is 0.154. The van der Waals surface area contributed by atoms with Crippen molar-refractivity contribution in [3.8, 4) is 17.1 Å². The first-order chi connectivity index (χ1) is 9.15. The van der Waals surface area contributed by atoms with Gasteiger partial charge in [-0.25, -0.2) is 0 Å². The molecule has 0 unspecified atom stereocenters. The van der Waals surface area contributed by atoms with Crippen molar-refractivity contribution in [2.75, 3.05) is 6.61 Å². The summed E-state index contributed by atoms with van der Waals surface area (Å²) in [5, 5.41) is 11.0. The van der Waals surface area contributed by atoms with Crippen LogP contribution in [-0.4, -0.2) is 17.8 Å². The first-order valence-electron chi connectivity index (χ1n) is 5.62. The van der Waals surface area contributed by atoms with Crippen molar-refractivity contribution >= 4 is 12.0 Å². The Morgan fingerprint density at radius 2 is 2.16 bits per heavy atom. The topological polar surface area (TPSA) is 82.6 Å². The van der Waals surface area contributed by atoms with Crippen LogP contribution in [0.5, 0.6) is 5.75 Å². The van der Waals surface area contributed by atoms with Crippen molar-refractivity contribution < 1.29 is 18.9 Å². The van der Waals surface area contributed by atoms with Gasteiger partial charge in [0.05, 0.1) is 17.1 Å². The number of benzene rings is 1. The Hall–Kier alpha value is -2.63. The van der Waals surface area contributed by atoms with Gasteiger partial charge in [0.1, 0.15) is 11.5 Å². The molecule has 0 atom stereocenters. The number of carbonyl (C=O) groups is 1. The molecule has 0 N–H and O–H groups in total. The molecule has 1 aromatic heterocycles. The van der Waals surface area contributed by atoms with E-state index in [2.05, 4.69) is 0 Å². The number of hydrogen-bond acceptors (Lipinski definition) is 5. The van der Waals surface area contributed by atoms with Crippen LogP contribution in [0.2, 0.25) is 0 Å². The van der Waals surface area contributed by atoms with E-state index in [-0.39, 0.29) is 22.8 Å². The van der Waals surface area contributed by atoms with Gasteiger partial charge in [-0.15, -0.1) is 0 Å². The minimum absolute atomic E-state index is 0.102. The maximum Gasteiger partial charge on any atom is 0.280 e. The van der Waals surface area contributed by atoms with Gasteiger partial charge in [0.15, 0.2) is 12.0 Å². The minimum atomic E-state index is -0.506. The Labute approximate surface area is 108 Å². The van der Waals surface area contributed by atoms with Crippen molar-refractivity contribution in [3.05, 3.63) is 46.2 Å². The van der Waals surface area contributed by atoms with Gasteiger partial charge in [-0.1, -0.05) is 0 Å². The van der Waals surface area contributed by atoms with Gasteiger partial charge >= 0.3 is 0 Å². The SMILES string of the molecule is CCOc1ccc([N+](=O)[O-])c(-c2ccc(C=O)o2)c1. The first kappa shape index (κ1) is 12.8. The van der Waals surface area contributed by atoms with Crippen molar-refractivity contribution in [1.82, 2.24) is 0 Å². The zero-order valence-corrected chi connectivity index (χ0v) is 10.2. The fourth-order valence-electron chi connectivity index (χ4n) is 1.69. The van der Waals surface area contributed by atoms with E-state index in [4.69, 9.17) is 9.15 Å². The summed E-state index contributed by atoms with van der Waals surface area (Å²) < 4.78 is 10.5. The second-order valence-electron chi connectivity index (χ2n) is 3.69. The van der Waals surface area contributed by atoms with Crippen LogP contribution in [0.25, 0.3) is 11.3 Å². The van der Waals surface area contributed by atoms with Crippen molar-refractivity contribution in [2.45, 2.75) is 6.92 Å². The van der Waals surface area contributed by atoms with Gasteiger partial charge in [-0.2, -0.15) is 0 Å². The summed E-state index contributed by atoms with van der Waals surface area (Å²) >= 11 is 0. The highest BCUT2D eigenvalue weighted by Crippen LogP contribution is 2.34. The number of nitrogens with zero attached hydrogens (tertiary/aromatic N) is 1. The molecule has 0 aliphatic carbocycles. The summed E-state index contributed by atoms with van der Waals surface area (Å²) in [5.41, 5.74) is 0.180. The smallest absolute Gasteiger partial charge is 0.280 e. The van der Waals surface area contributed by atoms with E-state index in [1.165, 1.54) is 30.3 Å². The van der Waals surface area contributed by atoms with Crippen LogP contribution >= 0.6 is 0 Å². The lowest BCUT2D eigenvalue weighted by Gasteiger charge is -2.05. The first-order valence-corrected chi connectivity index (χ1v) is 5.62. The Balaban J connectivity index is 2.53. The molecule has 0 aliphatic heterocycles. The maximum absolute atomic E-state index is 11.0. The molecule has 2 aromatic rings. The summed E-state index contributed by atoms with van der Waals surface area (Å²) in [6.07, 6.45) is 0.543. The molecule has 0 spiro atoms. The predicted molar refractivity (Wildman–Crippen MR) is 67.4 cm³/mol. The molecule has 1 heterocycles. The standard InChI is InChI=1S/C13H11NO5/c1-2-18-9-3-5-12(14(16)17)11(7-9)13-6-4-10(8-15)19-13/h3-8H,2H2,1H3. The van der Waals surface area contributed by atoms with E-state index < -0.39 is 4.92 Å². The highest BCUT2D eigenvalue weighted by Gasteiger charge is 2.19. The molecule has 0 saturated carbocycles. The molecular weight excluding hydrogens is 250 g/mol. The molecule has 19 heavy (non-hydrogen) atoms. The molecule has 0 radical (unpaired) electrons. The summed E-state index contributed by atoms with van der Waals surface area (Å²) in [5.74, 6) is 0.883. The highest BCUT2D eigenvalue weighted by atomic mass is 16.6. The normalized spacial score (nSPS) is 10.2. The third-order valence-corrected chi connectivity index (χ3v) is 2.48. The molecule has 0 amide bonds. The largest absolute Gasteiger partial charge is 0.494 e. The van der Waals surface area contributed by atoms with Crippen LogP contribution in [0.3, 0.4) is 0 Å². The van der Waals surface area contributed by atoms with Crippen LogP contribution < -0.4 is 4.74 Å². The van der Waals surface area contributed by atoms with Crippen LogP contribution in [-0.2, 0) is 0 Å². The average molecular weight is 261 g/mol. The van der Waals surface area contributed by atoms with Gasteiger partial charge < -0.3 is 9.15 Å². The van der Waals surface area contributed by atoms with Gasteiger partial charge in [0.25, 0.3) is 5.69 Å². The number of nitro groups is 1. The summed E-state index contributed by atoms with van der Waals surface area (Å²) in [6.45, 7) is 2.27. The Kier molecular flexibility index (Phi) is 3.61.